The van der Waals surface area contributed by atoms with E-state index in [1.807, 2.05) is 18.2 Å². The van der Waals surface area contributed by atoms with Gasteiger partial charge in [-0.3, -0.25) is 4.79 Å². The van der Waals surface area contributed by atoms with Crippen LogP contribution in [-0.2, 0) is 4.79 Å². The van der Waals surface area contributed by atoms with Crippen molar-refractivity contribution in [2.24, 2.45) is 0 Å². The average molecular weight is 309 g/mol. The van der Waals surface area contributed by atoms with Gasteiger partial charge in [-0.2, -0.15) is 0 Å². The Morgan fingerprint density at radius 1 is 1.17 bits per heavy atom. The molecule has 0 aliphatic heterocycles. The molecular formula is C18H16FN3O. The molecule has 3 aromatic rings. The molecule has 4 nitrogen and oxygen atoms in total. The molecule has 0 unspecified atom stereocenters. The molecule has 0 saturated heterocycles. The lowest BCUT2D eigenvalue weighted by Crippen LogP contribution is -2.22. The van der Waals surface area contributed by atoms with E-state index in [1.54, 1.807) is 48.4 Å². The first-order valence-electron chi connectivity index (χ1n) is 7.28. The highest BCUT2D eigenvalue weighted by atomic mass is 19.1. The number of aromatic nitrogens is 2. The Morgan fingerprint density at radius 3 is 2.61 bits per heavy atom. The Morgan fingerprint density at radius 2 is 1.96 bits per heavy atom. The van der Waals surface area contributed by atoms with E-state index in [1.165, 1.54) is 12.1 Å². The van der Waals surface area contributed by atoms with Crippen LogP contribution in [0.15, 0.2) is 67.3 Å². The second kappa shape index (κ2) is 6.44. The number of rotatable bonds is 4. The zero-order valence-corrected chi connectivity index (χ0v) is 12.6. The van der Waals surface area contributed by atoms with Crippen molar-refractivity contribution in [1.29, 1.82) is 0 Å². The van der Waals surface area contributed by atoms with Gasteiger partial charge in [-0.1, -0.05) is 24.3 Å². The molecule has 1 aromatic heterocycles. The maximum Gasteiger partial charge on any atom is 0.247 e. The number of imidazole rings is 1. The number of anilines is 1. The van der Waals surface area contributed by atoms with Crippen molar-refractivity contribution in [2.75, 3.05) is 5.32 Å². The molecule has 3 rings (SSSR count). The Hall–Kier alpha value is -2.95. The van der Waals surface area contributed by atoms with Gasteiger partial charge in [0.15, 0.2) is 0 Å². The van der Waals surface area contributed by atoms with Crippen LogP contribution in [0.5, 0.6) is 0 Å². The first-order valence-corrected chi connectivity index (χ1v) is 7.28. The van der Waals surface area contributed by atoms with Crippen molar-refractivity contribution in [3.05, 3.63) is 73.1 Å². The number of nitrogens with one attached hydrogen (secondary N) is 1. The summed E-state index contributed by atoms with van der Waals surface area (Å²) in [6, 6.07) is 13.4. The predicted molar refractivity (Wildman–Crippen MR) is 87.4 cm³/mol. The van der Waals surface area contributed by atoms with Crippen molar-refractivity contribution < 1.29 is 9.18 Å². The van der Waals surface area contributed by atoms with E-state index in [9.17, 15) is 9.18 Å². The highest BCUT2D eigenvalue weighted by Crippen LogP contribution is 2.22. The zero-order valence-electron chi connectivity index (χ0n) is 12.6. The van der Waals surface area contributed by atoms with E-state index in [0.29, 0.717) is 5.69 Å². The Bertz CT molecular complexity index is 797. The topological polar surface area (TPSA) is 46.9 Å². The van der Waals surface area contributed by atoms with Crippen molar-refractivity contribution in [3.8, 4) is 11.1 Å². The predicted octanol–water partition coefficient (Wildman–Crippen LogP) is 3.89. The summed E-state index contributed by atoms with van der Waals surface area (Å²) in [7, 11) is 0. The molecule has 0 fully saturated rings. The van der Waals surface area contributed by atoms with Crippen LogP contribution in [-0.4, -0.2) is 15.5 Å². The van der Waals surface area contributed by atoms with E-state index >= 15 is 0 Å². The Kier molecular flexibility index (Phi) is 4.19. The van der Waals surface area contributed by atoms with Gasteiger partial charge < -0.3 is 9.88 Å². The molecule has 1 N–H and O–H groups in total. The van der Waals surface area contributed by atoms with Gasteiger partial charge in [0.1, 0.15) is 11.9 Å². The lowest BCUT2D eigenvalue weighted by molar-refractivity contribution is -0.118. The van der Waals surface area contributed by atoms with Gasteiger partial charge in [-0.15, -0.1) is 0 Å². The molecule has 0 aliphatic carbocycles. The van der Waals surface area contributed by atoms with E-state index in [2.05, 4.69) is 10.3 Å². The number of hydrogen-bond donors (Lipinski definition) is 1. The summed E-state index contributed by atoms with van der Waals surface area (Å²) in [5.41, 5.74) is 2.39. The maximum absolute atomic E-state index is 13.3. The van der Waals surface area contributed by atoms with Gasteiger partial charge in [-0.25, -0.2) is 9.37 Å². The third-order valence-corrected chi connectivity index (χ3v) is 3.66. The summed E-state index contributed by atoms with van der Waals surface area (Å²) in [4.78, 5) is 16.1. The molecule has 0 spiro atoms. The molecular weight excluding hydrogens is 293 g/mol. The number of carbonyl (C=O) groups is 1. The molecule has 0 bridgehead atoms. The van der Waals surface area contributed by atoms with Crippen LogP contribution >= 0.6 is 0 Å². The number of nitrogens with zero attached hydrogens (tertiary/aromatic N) is 2. The molecule has 0 radical (unpaired) electrons. The minimum atomic E-state index is -0.347. The molecule has 1 heterocycles. The zero-order chi connectivity index (χ0) is 16.2. The smallest absolute Gasteiger partial charge is 0.247 e. The molecule has 116 valence electrons. The standard InChI is InChI=1S/C18H16FN3O/c1-13(22-10-9-20-12-22)18(23)21-17-7-5-14(6-8-17)15-3-2-4-16(19)11-15/h2-13H,1H3,(H,21,23)/t13-/m0/s1. The minimum absolute atomic E-state index is 0.124. The quantitative estimate of drug-likeness (QED) is 0.795. The minimum Gasteiger partial charge on any atom is -0.325 e. The first-order chi connectivity index (χ1) is 11.1. The van der Waals surface area contributed by atoms with Crippen LogP contribution in [0.1, 0.15) is 13.0 Å². The third kappa shape index (κ3) is 3.45. The summed E-state index contributed by atoms with van der Waals surface area (Å²) in [5.74, 6) is -0.393. The Labute approximate surface area is 133 Å². The van der Waals surface area contributed by atoms with Crippen molar-refractivity contribution in [2.45, 2.75) is 13.0 Å². The summed E-state index contributed by atoms with van der Waals surface area (Å²) in [6.45, 7) is 1.80. The fraction of sp³-hybridized carbons (Fsp3) is 0.111. The molecule has 1 amide bonds. The van der Waals surface area contributed by atoms with Crippen LogP contribution in [0.4, 0.5) is 10.1 Å². The van der Waals surface area contributed by atoms with Gasteiger partial charge in [0.25, 0.3) is 0 Å². The number of hydrogen-bond acceptors (Lipinski definition) is 2. The largest absolute Gasteiger partial charge is 0.325 e. The first kappa shape index (κ1) is 15.0. The van der Waals surface area contributed by atoms with E-state index in [0.717, 1.165) is 11.1 Å². The molecule has 0 aliphatic rings. The van der Waals surface area contributed by atoms with Crippen molar-refractivity contribution in [1.82, 2.24) is 9.55 Å². The second-order valence-corrected chi connectivity index (χ2v) is 5.26. The van der Waals surface area contributed by atoms with E-state index in [4.69, 9.17) is 0 Å². The Balaban J connectivity index is 1.71. The van der Waals surface area contributed by atoms with Crippen LogP contribution in [0.2, 0.25) is 0 Å². The molecule has 23 heavy (non-hydrogen) atoms. The SMILES string of the molecule is C[C@@H](C(=O)Nc1ccc(-c2cccc(F)c2)cc1)n1ccnc1. The van der Waals surface area contributed by atoms with Crippen LogP contribution < -0.4 is 5.32 Å². The monoisotopic (exact) mass is 309 g/mol. The lowest BCUT2D eigenvalue weighted by Gasteiger charge is -2.13. The number of halogens is 1. The maximum atomic E-state index is 13.3. The summed E-state index contributed by atoms with van der Waals surface area (Å²) in [5, 5.41) is 2.86. The molecule has 1 atom stereocenters. The number of benzene rings is 2. The van der Waals surface area contributed by atoms with Gasteiger partial charge >= 0.3 is 0 Å². The molecule has 2 aromatic carbocycles. The van der Waals surface area contributed by atoms with Crippen LogP contribution in [0, 0.1) is 5.82 Å². The number of carbonyl (C=O) groups excluding carboxylic acids is 1. The second-order valence-electron chi connectivity index (χ2n) is 5.26. The van der Waals surface area contributed by atoms with E-state index in [-0.39, 0.29) is 17.8 Å². The third-order valence-electron chi connectivity index (χ3n) is 3.66. The van der Waals surface area contributed by atoms with Crippen molar-refractivity contribution in [3.63, 3.8) is 0 Å². The fourth-order valence-electron chi connectivity index (χ4n) is 2.29. The highest BCUT2D eigenvalue weighted by molar-refractivity contribution is 5.93. The van der Waals surface area contributed by atoms with Gasteiger partial charge in [0.05, 0.1) is 6.33 Å². The summed E-state index contributed by atoms with van der Waals surface area (Å²) < 4.78 is 15.0. The van der Waals surface area contributed by atoms with Gasteiger partial charge in [0, 0.05) is 18.1 Å². The van der Waals surface area contributed by atoms with Crippen LogP contribution in [0.3, 0.4) is 0 Å². The number of amides is 1. The van der Waals surface area contributed by atoms with Gasteiger partial charge in [-0.05, 0) is 42.3 Å². The lowest BCUT2D eigenvalue weighted by atomic mass is 10.1. The highest BCUT2D eigenvalue weighted by Gasteiger charge is 2.14. The summed E-state index contributed by atoms with van der Waals surface area (Å²) >= 11 is 0. The van der Waals surface area contributed by atoms with Gasteiger partial charge in [0.2, 0.25) is 5.91 Å². The fourth-order valence-corrected chi connectivity index (χ4v) is 2.29. The average Bonchev–Trinajstić information content (AvgIpc) is 3.09. The normalized spacial score (nSPS) is 11.9. The van der Waals surface area contributed by atoms with Crippen molar-refractivity contribution >= 4 is 11.6 Å². The molecule has 5 heteroatoms. The summed E-state index contributed by atoms with van der Waals surface area (Å²) in [6.07, 6.45) is 4.99. The van der Waals surface area contributed by atoms with E-state index < -0.39 is 0 Å². The van der Waals surface area contributed by atoms with Crippen LogP contribution in [0.25, 0.3) is 11.1 Å². The molecule has 0 saturated carbocycles.